The lowest BCUT2D eigenvalue weighted by molar-refractivity contribution is -0.126. The molecule has 0 aliphatic rings. The van der Waals surface area contributed by atoms with E-state index < -0.39 is 5.60 Å². The van der Waals surface area contributed by atoms with Crippen LogP contribution in [0, 0.1) is 13.8 Å². The van der Waals surface area contributed by atoms with E-state index in [1.165, 1.54) is 0 Å². The Morgan fingerprint density at radius 3 is 2.40 bits per heavy atom. The van der Waals surface area contributed by atoms with Crippen LogP contribution in [0.4, 0.5) is 0 Å². The normalized spacial score (nSPS) is 13.1. The minimum Gasteiger partial charge on any atom is -0.466 e. The van der Waals surface area contributed by atoms with Gasteiger partial charge < -0.3 is 20.2 Å². The summed E-state index contributed by atoms with van der Waals surface area (Å²) < 4.78 is 5.41. The number of furan rings is 1. The predicted octanol–water partition coefficient (Wildman–Crippen LogP) is 1.58. The van der Waals surface area contributed by atoms with Gasteiger partial charge in [-0.05, 0) is 32.4 Å². The topological polar surface area (TPSA) is 91.6 Å². The second-order valence-corrected chi connectivity index (χ2v) is 6.32. The second kappa shape index (κ2) is 7.98. The summed E-state index contributed by atoms with van der Waals surface area (Å²) in [6.45, 7) is 5.07. The molecule has 6 nitrogen and oxygen atoms in total. The molecular weight excluding hydrogens is 320 g/mol. The average Bonchev–Trinajstić information content (AvgIpc) is 2.91. The van der Waals surface area contributed by atoms with Gasteiger partial charge in [-0.15, -0.1) is 0 Å². The number of aliphatic hydroxyl groups is 1. The highest BCUT2D eigenvalue weighted by Gasteiger charge is 2.28. The lowest BCUT2D eigenvalue weighted by Crippen LogP contribution is -2.43. The first kappa shape index (κ1) is 18.7. The van der Waals surface area contributed by atoms with E-state index in [2.05, 4.69) is 10.6 Å². The molecule has 1 atom stereocenters. The number of nitrogens with one attached hydrogen (secondary N) is 2. The number of aryl methyl sites for hydroxylation is 2. The third-order valence-corrected chi connectivity index (χ3v) is 3.90. The van der Waals surface area contributed by atoms with Gasteiger partial charge in [0.2, 0.25) is 11.8 Å². The molecule has 1 unspecified atom stereocenters. The van der Waals surface area contributed by atoms with Gasteiger partial charge >= 0.3 is 0 Å². The summed E-state index contributed by atoms with van der Waals surface area (Å²) in [5, 5.41) is 15.7. The average molecular weight is 344 g/mol. The maximum absolute atomic E-state index is 11.9. The highest BCUT2D eigenvalue weighted by Crippen LogP contribution is 2.26. The van der Waals surface area contributed by atoms with Crippen LogP contribution in [0.2, 0.25) is 0 Å². The monoisotopic (exact) mass is 344 g/mol. The van der Waals surface area contributed by atoms with Crippen LogP contribution in [0.5, 0.6) is 0 Å². The third kappa shape index (κ3) is 5.46. The largest absolute Gasteiger partial charge is 0.466 e. The van der Waals surface area contributed by atoms with Crippen molar-refractivity contribution >= 4 is 11.8 Å². The molecule has 2 amide bonds. The van der Waals surface area contributed by atoms with Crippen LogP contribution >= 0.6 is 0 Å². The highest BCUT2D eigenvalue weighted by molar-refractivity contribution is 5.85. The number of amides is 2. The van der Waals surface area contributed by atoms with Crippen molar-refractivity contribution in [2.75, 3.05) is 13.1 Å². The summed E-state index contributed by atoms with van der Waals surface area (Å²) in [6.07, 6.45) is 0.222. The smallest absolute Gasteiger partial charge is 0.239 e. The minimum atomic E-state index is -1.24. The first-order valence-electron chi connectivity index (χ1n) is 8.15. The van der Waals surface area contributed by atoms with Crippen LogP contribution in [-0.4, -0.2) is 30.0 Å². The van der Waals surface area contributed by atoms with Crippen LogP contribution in [-0.2, 0) is 21.6 Å². The standard InChI is InChI=1S/C19H24N2O4/c1-13-9-16(14(2)25-13)19(3,24)12-21-18(23)11-20-17(22)10-15-7-5-4-6-8-15/h4-9,24H,10-12H2,1-3H3,(H,20,22)(H,21,23). The fraction of sp³-hybridized carbons (Fsp3) is 0.368. The third-order valence-electron chi connectivity index (χ3n) is 3.90. The van der Waals surface area contributed by atoms with Crippen molar-refractivity contribution in [3.63, 3.8) is 0 Å². The van der Waals surface area contributed by atoms with Gasteiger partial charge in [0.25, 0.3) is 0 Å². The fourth-order valence-electron chi connectivity index (χ4n) is 2.62. The summed E-state index contributed by atoms with van der Waals surface area (Å²) >= 11 is 0. The lowest BCUT2D eigenvalue weighted by atomic mass is 9.96. The van der Waals surface area contributed by atoms with E-state index in [0.717, 1.165) is 5.56 Å². The molecule has 0 spiro atoms. The Bertz CT molecular complexity index is 735. The number of hydrogen-bond acceptors (Lipinski definition) is 4. The molecule has 2 aromatic rings. The van der Waals surface area contributed by atoms with Crippen molar-refractivity contribution in [3.05, 3.63) is 59.0 Å². The first-order valence-corrected chi connectivity index (χ1v) is 8.15. The van der Waals surface area contributed by atoms with Gasteiger partial charge in [-0.3, -0.25) is 9.59 Å². The molecule has 0 aliphatic carbocycles. The van der Waals surface area contributed by atoms with Gasteiger partial charge in [-0.2, -0.15) is 0 Å². The Hall–Kier alpha value is -2.60. The Morgan fingerprint density at radius 2 is 1.80 bits per heavy atom. The van der Waals surface area contributed by atoms with Crippen LogP contribution in [0.25, 0.3) is 0 Å². The van der Waals surface area contributed by atoms with E-state index in [-0.39, 0.29) is 31.3 Å². The molecule has 0 fully saturated rings. The highest BCUT2D eigenvalue weighted by atomic mass is 16.3. The molecule has 0 saturated heterocycles. The van der Waals surface area contributed by atoms with Crippen molar-refractivity contribution in [3.8, 4) is 0 Å². The number of hydrogen-bond donors (Lipinski definition) is 3. The second-order valence-electron chi connectivity index (χ2n) is 6.32. The molecular formula is C19H24N2O4. The summed E-state index contributed by atoms with van der Waals surface area (Å²) in [6, 6.07) is 11.1. The van der Waals surface area contributed by atoms with Gasteiger partial charge in [0.1, 0.15) is 17.1 Å². The first-order chi connectivity index (χ1) is 11.8. The molecule has 0 saturated carbocycles. The Labute approximate surface area is 147 Å². The lowest BCUT2D eigenvalue weighted by Gasteiger charge is -2.23. The molecule has 3 N–H and O–H groups in total. The van der Waals surface area contributed by atoms with Gasteiger partial charge in [0, 0.05) is 5.56 Å². The molecule has 1 aromatic heterocycles. The van der Waals surface area contributed by atoms with Gasteiger partial charge in [-0.25, -0.2) is 0 Å². The maximum atomic E-state index is 11.9. The van der Waals surface area contributed by atoms with Crippen molar-refractivity contribution in [1.82, 2.24) is 10.6 Å². The summed E-state index contributed by atoms with van der Waals surface area (Å²) in [7, 11) is 0. The number of carbonyl (C=O) groups excluding carboxylic acids is 2. The van der Waals surface area contributed by atoms with Crippen LogP contribution in [0.15, 0.2) is 40.8 Å². The summed E-state index contributed by atoms with van der Waals surface area (Å²) in [5.74, 6) is 0.731. The zero-order valence-corrected chi connectivity index (χ0v) is 14.8. The van der Waals surface area contributed by atoms with E-state index in [4.69, 9.17) is 4.42 Å². The molecule has 6 heteroatoms. The SMILES string of the molecule is Cc1cc(C(C)(O)CNC(=O)CNC(=O)Cc2ccccc2)c(C)o1. The number of rotatable bonds is 7. The van der Waals surface area contributed by atoms with Crippen molar-refractivity contribution in [2.24, 2.45) is 0 Å². The molecule has 25 heavy (non-hydrogen) atoms. The summed E-state index contributed by atoms with van der Waals surface area (Å²) in [4.78, 5) is 23.7. The minimum absolute atomic E-state index is 0.0280. The van der Waals surface area contributed by atoms with Crippen molar-refractivity contribution in [1.29, 1.82) is 0 Å². The van der Waals surface area contributed by atoms with E-state index in [1.54, 1.807) is 26.8 Å². The van der Waals surface area contributed by atoms with Gasteiger partial charge in [0.15, 0.2) is 0 Å². The van der Waals surface area contributed by atoms with Crippen molar-refractivity contribution < 1.29 is 19.1 Å². The molecule has 1 aromatic carbocycles. The molecule has 0 aliphatic heterocycles. The predicted molar refractivity (Wildman–Crippen MR) is 93.9 cm³/mol. The molecule has 0 bridgehead atoms. The molecule has 134 valence electrons. The maximum Gasteiger partial charge on any atom is 0.239 e. The van der Waals surface area contributed by atoms with Crippen LogP contribution in [0.1, 0.15) is 29.6 Å². The van der Waals surface area contributed by atoms with E-state index in [0.29, 0.717) is 17.1 Å². The Balaban J connectivity index is 1.78. The Morgan fingerprint density at radius 1 is 1.12 bits per heavy atom. The van der Waals surface area contributed by atoms with E-state index in [9.17, 15) is 14.7 Å². The van der Waals surface area contributed by atoms with E-state index >= 15 is 0 Å². The number of benzene rings is 1. The number of carbonyl (C=O) groups is 2. The fourth-order valence-corrected chi connectivity index (χ4v) is 2.62. The molecule has 0 radical (unpaired) electrons. The van der Waals surface area contributed by atoms with Crippen LogP contribution < -0.4 is 10.6 Å². The zero-order valence-electron chi connectivity index (χ0n) is 14.8. The van der Waals surface area contributed by atoms with Gasteiger partial charge in [0.05, 0.1) is 19.5 Å². The summed E-state index contributed by atoms with van der Waals surface area (Å²) in [5.41, 5.74) is 0.276. The van der Waals surface area contributed by atoms with Crippen molar-refractivity contribution in [2.45, 2.75) is 32.8 Å². The zero-order chi connectivity index (χ0) is 18.4. The van der Waals surface area contributed by atoms with E-state index in [1.807, 2.05) is 30.3 Å². The molecule has 2 rings (SSSR count). The quantitative estimate of drug-likeness (QED) is 0.711. The van der Waals surface area contributed by atoms with Crippen LogP contribution in [0.3, 0.4) is 0 Å². The van der Waals surface area contributed by atoms with Gasteiger partial charge in [-0.1, -0.05) is 30.3 Å². The molecule has 1 heterocycles. The Kier molecular flexibility index (Phi) is 5.98.